The molecule has 0 saturated heterocycles. The molecule has 0 aromatic heterocycles. The number of aliphatic carboxylic acids is 3. The number of hydrogen-bond donors (Lipinski definition) is 14. The maximum absolute atomic E-state index is 12.5. The Kier molecular flexibility index (Phi) is 39.1. The molecule has 1 radical (unpaired) electrons. The van der Waals surface area contributed by atoms with Gasteiger partial charge in [0.05, 0.1) is 56.6 Å². The molecule has 0 fully saturated rings. The van der Waals surface area contributed by atoms with Gasteiger partial charge in [0.1, 0.15) is 48.8 Å². The molecule has 6 unspecified atom stereocenters. The molecule has 0 aromatic rings. The third kappa shape index (κ3) is 33.2. The normalized spacial score (nSPS) is 15.0. The smallest absolute Gasteiger partial charge is 0.549 e. The van der Waals surface area contributed by atoms with E-state index in [2.05, 4.69) is 41.3 Å². The summed E-state index contributed by atoms with van der Waals surface area (Å²) in [5.74, 6) is -7.66. The zero-order valence-electron chi connectivity index (χ0n) is 35.8. The van der Waals surface area contributed by atoms with Gasteiger partial charge in [-0.05, 0) is 0 Å². The van der Waals surface area contributed by atoms with Crippen molar-refractivity contribution in [1.82, 2.24) is 36.0 Å². The van der Waals surface area contributed by atoms with Crippen molar-refractivity contribution in [1.29, 1.82) is 0 Å². The van der Waals surface area contributed by atoms with Crippen molar-refractivity contribution in [2.75, 3.05) is 112 Å². The Labute approximate surface area is 413 Å². The van der Waals surface area contributed by atoms with Crippen LogP contribution in [-0.4, -0.2) is 286 Å². The first-order valence-corrected chi connectivity index (χ1v) is 19.4. The van der Waals surface area contributed by atoms with Crippen molar-refractivity contribution in [3.63, 3.8) is 0 Å². The van der Waals surface area contributed by atoms with Gasteiger partial charge in [0.2, 0.25) is 11.8 Å². The van der Waals surface area contributed by atoms with E-state index in [0.717, 1.165) is 9.80 Å². The Morgan fingerprint density at radius 2 is 0.761 bits per heavy atom. The second kappa shape index (κ2) is 38.9. The number of aliphatic hydroxyl groups is 10. The van der Waals surface area contributed by atoms with Gasteiger partial charge in [0.25, 0.3) is 11.8 Å². The van der Waals surface area contributed by atoms with Gasteiger partial charge in [-0.3, -0.25) is 33.9 Å². The van der Waals surface area contributed by atoms with E-state index in [0.29, 0.717) is 12.4 Å². The molecule has 0 heterocycles. The van der Waals surface area contributed by atoms with Crippen LogP contribution in [0, 0.1) is 39.9 Å². The van der Waals surface area contributed by atoms with Crippen LogP contribution in [0.2, 0.25) is 0 Å². The van der Waals surface area contributed by atoms with Crippen molar-refractivity contribution in [3.05, 3.63) is 0 Å². The summed E-state index contributed by atoms with van der Waals surface area (Å²) in [6.45, 7) is -7.97. The summed E-state index contributed by atoms with van der Waals surface area (Å²) < 4.78 is 0. The van der Waals surface area contributed by atoms with Gasteiger partial charge in [-0.2, -0.15) is 0 Å². The molecule has 0 rings (SSSR count). The summed E-state index contributed by atoms with van der Waals surface area (Å²) >= 11 is 0. The number of amides is 4. The van der Waals surface area contributed by atoms with E-state index >= 15 is 0 Å². The molecule has 4 amide bonds. The molecule has 67 heavy (non-hydrogen) atoms. The van der Waals surface area contributed by atoms with Crippen LogP contribution in [0.3, 0.4) is 0 Å². The van der Waals surface area contributed by atoms with E-state index in [1.807, 2.05) is 0 Å². The van der Waals surface area contributed by atoms with Crippen LogP contribution in [-0.2, 0) is 43.2 Å². The Morgan fingerprint density at radius 3 is 1.06 bits per heavy atom. The predicted octanol–water partition coefficient (Wildman–Crippen LogP) is -16.3. The minimum Gasteiger partial charge on any atom is -0.549 e. The summed E-state index contributed by atoms with van der Waals surface area (Å²) in [6, 6.07) is 0. The van der Waals surface area contributed by atoms with Crippen LogP contribution in [0.15, 0.2) is 10.3 Å². The topological polar surface area (TPSA) is 523 Å². The fourth-order valence-electron chi connectivity index (χ4n) is 4.89. The number of carbonyl (C=O) groups excluding carboxylic acids is 7. The minimum atomic E-state index is -1.94. The standard InChI is InChI=1S/C34H61N9O22.Gd.H2O/c44-16-22(48)33(62)31(60)20(46)9-39-64-18-26(52)37-3-1-35-24(50)11-42(14-29(56)57)7-5-41(13-28(54)55)6-8-43(15-30(58)59)12-25(51)36-2-4-38-27(53)19-65-40-10-21(47)32(61)34(63)23(49)17-45;;/h9-10,20-23,31-34,44-49,60-63H,1-8,11-19H2,(H,35,50)(H,36,51)(H,37,52)(H,38,53)(H,54,55)(H,56,57)(H,58,59);;1H2/q;+3;/p-3/b39-9+,40-10+;;/t20?,21?,22?,23?,31?,32?,33-,34-;;/m1../s1. The third-order valence-corrected chi connectivity index (χ3v) is 8.33. The number of nitrogens with zero attached hydrogens (tertiary/aromatic N) is 5. The summed E-state index contributed by atoms with van der Waals surface area (Å²) in [5, 5.41) is 144. The van der Waals surface area contributed by atoms with Crippen LogP contribution >= 0.6 is 0 Å². The number of nitrogens with one attached hydrogen (secondary N) is 4. The quantitative estimate of drug-likeness (QED) is 0.0155. The van der Waals surface area contributed by atoms with Crippen molar-refractivity contribution in [2.24, 2.45) is 10.3 Å². The monoisotopic (exact) mass is 1120 g/mol. The van der Waals surface area contributed by atoms with E-state index in [1.54, 1.807) is 0 Å². The summed E-state index contributed by atoms with van der Waals surface area (Å²) in [6.07, 6.45) is -13.7. The molecule has 0 aliphatic heterocycles. The van der Waals surface area contributed by atoms with Gasteiger partial charge >= 0.3 is 39.9 Å². The molecular weight excluding hydrogens is 1060 g/mol. The third-order valence-electron chi connectivity index (χ3n) is 8.33. The number of aliphatic hydroxyl groups excluding tert-OH is 10. The molecule has 33 heteroatoms. The van der Waals surface area contributed by atoms with Crippen molar-refractivity contribution < 1.29 is 155 Å². The van der Waals surface area contributed by atoms with Gasteiger partial charge in [0.15, 0.2) is 13.2 Å². The molecule has 8 atom stereocenters. The fraction of sp³-hybridized carbons (Fsp3) is 0.735. The summed E-state index contributed by atoms with van der Waals surface area (Å²) in [5.41, 5.74) is 0. The van der Waals surface area contributed by atoms with Gasteiger partial charge in [-0.15, -0.1) is 0 Å². The Morgan fingerprint density at radius 1 is 0.478 bits per heavy atom. The first-order chi connectivity index (χ1) is 30.6. The van der Waals surface area contributed by atoms with Crippen LogP contribution in [0.1, 0.15) is 0 Å². The number of oxime groups is 2. The van der Waals surface area contributed by atoms with E-state index in [4.69, 9.17) is 10.2 Å². The van der Waals surface area contributed by atoms with Gasteiger partial charge in [-0.25, -0.2) is 0 Å². The molecule has 0 bridgehead atoms. The molecule has 16 N–H and O–H groups in total. The van der Waals surface area contributed by atoms with Crippen molar-refractivity contribution in [2.45, 2.75) is 48.8 Å². The molecule has 0 aromatic carbocycles. The number of hydrogen-bond acceptors (Lipinski definition) is 27. The molecule has 0 spiro atoms. The van der Waals surface area contributed by atoms with Crippen LogP contribution < -0.4 is 36.6 Å². The predicted molar refractivity (Wildman–Crippen MR) is 211 cm³/mol. The van der Waals surface area contributed by atoms with Crippen LogP contribution in [0.4, 0.5) is 0 Å². The van der Waals surface area contributed by atoms with Crippen molar-refractivity contribution in [3.8, 4) is 0 Å². The second-order valence-electron chi connectivity index (χ2n) is 13.7. The number of carboxylic acid groups (broad SMARTS) is 3. The van der Waals surface area contributed by atoms with E-state index < -0.39 is 150 Å². The molecule has 0 aliphatic carbocycles. The van der Waals surface area contributed by atoms with Crippen LogP contribution in [0.5, 0.6) is 0 Å². The fourth-order valence-corrected chi connectivity index (χ4v) is 4.89. The maximum atomic E-state index is 12.5. The molecule has 0 aliphatic rings. The average Bonchev–Trinajstić information content (AvgIpc) is 3.25. The van der Waals surface area contributed by atoms with Crippen molar-refractivity contribution >= 4 is 54.0 Å². The van der Waals surface area contributed by atoms with Crippen LogP contribution in [0.25, 0.3) is 0 Å². The largest absolute Gasteiger partial charge is 3.00 e. The first kappa shape index (κ1) is 67.3. The van der Waals surface area contributed by atoms with E-state index in [1.165, 1.54) is 4.90 Å². The zero-order valence-corrected chi connectivity index (χ0v) is 38.0. The summed E-state index contributed by atoms with van der Waals surface area (Å²) in [7, 11) is 0. The van der Waals surface area contributed by atoms with E-state index in [-0.39, 0.29) is 97.8 Å². The first-order valence-electron chi connectivity index (χ1n) is 19.4. The number of carboxylic acids is 3. The Balaban J connectivity index is -0.0000205. The van der Waals surface area contributed by atoms with E-state index in [9.17, 15) is 89.7 Å². The molecular formula is C34H60GdN9O23. The average molecular weight is 1120 g/mol. The SMILES string of the molecule is O.O=C([O-])CN(CCN(CC(=O)[O-])CC(=O)NCCNC(=O)CO/N=C/C(O)C(O)[C@H](O)C(O)CO)CCN(CC(=O)[O-])CC(=O)NCCNC(=O)CO/N=C/C(O)C(O)[C@H](O)C(O)CO.[Gd+3]. The Bertz CT molecular complexity index is 1420. The zero-order chi connectivity index (χ0) is 49.5. The van der Waals surface area contributed by atoms with Gasteiger partial charge in [-0.1, -0.05) is 10.3 Å². The number of carbonyl (C=O) groups is 7. The van der Waals surface area contributed by atoms with Gasteiger partial charge in [0, 0.05) is 72.0 Å². The summed E-state index contributed by atoms with van der Waals surface area (Å²) in [4.78, 5) is 95.8. The maximum Gasteiger partial charge on any atom is 3.00 e. The minimum absolute atomic E-state index is 0. The molecule has 32 nitrogen and oxygen atoms in total. The molecule has 0 saturated carbocycles. The number of rotatable bonds is 38. The second-order valence-corrected chi connectivity index (χ2v) is 13.7. The Hall–Kier alpha value is -4.01. The molecule has 387 valence electrons. The van der Waals surface area contributed by atoms with Gasteiger partial charge < -0.3 is 117 Å².